The van der Waals surface area contributed by atoms with E-state index in [0.29, 0.717) is 0 Å². The van der Waals surface area contributed by atoms with Crippen LogP contribution in [0, 0.1) is 11.8 Å². The largest absolute Gasteiger partial charge is 0.0622 e. The van der Waals surface area contributed by atoms with Crippen LogP contribution in [0.3, 0.4) is 0 Å². The number of benzene rings is 3. The van der Waals surface area contributed by atoms with Gasteiger partial charge < -0.3 is 0 Å². The van der Waals surface area contributed by atoms with Crippen LogP contribution in [0.1, 0.15) is 16.7 Å². The van der Waals surface area contributed by atoms with Gasteiger partial charge in [0.25, 0.3) is 0 Å². The smallest absolute Gasteiger partial charge is 0.0610 e. The number of hydrogen-bond donors (Lipinski definition) is 0. The van der Waals surface area contributed by atoms with Crippen molar-refractivity contribution < 1.29 is 0 Å². The Morgan fingerprint density at radius 2 is 1.50 bits per heavy atom. The van der Waals surface area contributed by atoms with Gasteiger partial charge in [-0.25, -0.2) is 0 Å². The lowest BCUT2D eigenvalue weighted by atomic mass is 9.99. The number of hydrogen-bond acceptors (Lipinski definition) is 0. The van der Waals surface area contributed by atoms with Crippen molar-refractivity contribution in [1.82, 2.24) is 0 Å². The third-order valence-electron chi connectivity index (χ3n) is 3.34. The topological polar surface area (TPSA) is 0 Å². The van der Waals surface area contributed by atoms with E-state index in [1.165, 1.54) is 10.8 Å². The molecule has 0 atom stereocenters. The number of fused-ring (bicyclic) bond motifs is 1. The lowest BCUT2D eigenvalue weighted by molar-refractivity contribution is 1.63. The summed E-state index contributed by atoms with van der Waals surface area (Å²) < 4.78 is 0.902. The zero-order chi connectivity index (χ0) is 15.4. The maximum Gasteiger partial charge on any atom is 0.0610 e. The van der Waals surface area contributed by atoms with E-state index in [9.17, 15) is 0 Å². The van der Waals surface area contributed by atoms with Gasteiger partial charge in [-0.05, 0) is 72.5 Å². The Kier molecular flexibility index (Phi) is 4.77. The second-order valence-corrected chi connectivity index (χ2v) is 7.57. The lowest BCUT2D eigenvalue weighted by Gasteiger charge is -2.05. The average Bonchev–Trinajstić information content (AvgIpc) is 2.54. The molecule has 2 heteroatoms. The Labute approximate surface area is 147 Å². The van der Waals surface area contributed by atoms with Gasteiger partial charge in [-0.3, -0.25) is 0 Å². The van der Waals surface area contributed by atoms with E-state index < -0.39 is 0 Å². The average molecular weight is 412 g/mol. The summed E-state index contributed by atoms with van der Waals surface area (Å²) in [5.74, 6) is 6.52. The van der Waals surface area contributed by atoms with Crippen LogP contribution in [0.15, 0.2) is 70.1 Å². The Balaban J connectivity index is 2.18. The van der Waals surface area contributed by atoms with Crippen molar-refractivity contribution >= 4 is 48.7 Å². The molecule has 106 valence electrons. The third-order valence-corrected chi connectivity index (χ3v) is 3.80. The summed E-state index contributed by atoms with van der Waals surface area (Å²) in [4.78, 5) is 0. The first-order chi connectivity index (χ1) is 10.7. The second kappa shape index (κ2) is 6.96. The van der Waals surface area contributed by atoms with Crippen LogP contribution in [-0.2, 0) is 0 Å². The molecule has 0 unspecified atom stereocenters. The fourth-order valence-corrected chi connectivity index (χ4v) is 2.79. The van der Waals surface area contributed by atoms with E-state index in [0.717, 1.165) is 20.1 Å². The van der Waals surface area contributed by atoms with Gasteiger partial charge >= 0.3 is 0 Å². The molecule has 0 N–H and O–H groups in total. The molecule has 0 bridgehead atoms. The summed E-state index contributed by atoms with van der Waals surface area (Å²) in [5.41, 5.74) is 3.15. The normalized spacial score (nSPS) is 9.91. The standard InChI is InChI=1S/C20H12Br2/c21-20(22)14-19-17(11-10-15-6-2-1-3-7-15)13-12-16-8-4-5-9-18(16)19/h1-9,12-14H. The van der Waals surface area contributed by atoms with E-state index in [1.807, 2.05) is 36.4 Å². The van der Waals surface area contributed by atoms with Crippen LogP contribution in [0.5, 0.6) is 0 Å². The van der Waals surface area contributed by atoms with Gasteiger partial charge in [-0.2, -0.15) is 0 Å². The predicted octanol–water partition coefficient (Wildman–Crippen LogP) is 6.33. The first-order valence-corrected chi connectivity index (χ1v) is 8.44. The molecule has 0 amide bonds. The molecule has 0 saturated heterocycles. The van der Waals surface area contributed by atoms with E-state index >= 15 is 0 Å². The fourth-order valence-electron chi connectivity index (χ4n) is 2.33. The van der Waals surface area contributed by atoms with Crippen molar-refractivity contribution in [2.24, 2.45) is 0 Å². The summed E-state index contributed by atoms with van der Waals surface area (Å²) in [5, 5.41) is 2.40. The molecule has 0 aromatic heterocycles. The van der Waals surface area contributed by atoms with Crippen LogP contribution in [-0.4, -0.2) is 0 Å². The van der Waals surface area contributed by atoms with E-state index in [4.69, 9.17) is 0 Å². The van der Waals surface area contributed by atoms with E-state index in [1.54, 1.807) is 0 Å². The highest BCUT2D eigenvalue weighted by Crippen LogP contribution is 2.27. The molecule has 0 nitrogen and oxygen atoms in total. The summed E-state index contributed by atoms with van der Waals surface area (Å²) in [6, 6.07) is 22.6. The number of rotatable bonds is 1. The Morgan fingerprint density at radius 3 is 2.27 bits per heavy atom. The minimum atomic E-state index is 0.902. The molecule has 0 aliphatic heterocycles. The van der Waals surface area contributed by atoms with Crippen molar-refractivity contribution in [3.63, 3.8) is 0 Å². The zero-order valence-corrected chi connectivity index (χ0v) is 14.9. The van der Waals surface area contributed by atoms with E-state index in [2.05, 4.69) is 80.1 Å². The molecule has 3 aromatic rings. The predicted molar refractivity (Wildman–Crippen MR) is 102 cm³/mol. The summed E-state index contributed by atoms with van der Waals surface area (Å²) in [6.07, 6.45) is 2.05. The van der Waals surface area contributed by atoms with Gasteiger partial charge in [-0.1, -0.05) is 60.4 Å². The molecule has 0 aliphatic rings. The van der Waals surface area contributed by atoms with Crippen LogP contribution in [0.4, 0.5) is 0 Å². The number of halogens is 2. The fraction of sp³-hybridized carbons (Fsp3) is 0. The van der Waals surface area contributed by atoms with Crippen molar-refractivity contribution in [1.29, 1.82) is 0 Å². The molecule has 0 saturated carbocycles. The highest BCUT2D eigenvalue weighted by Gasteiger charge is 2.04. The summed E-state index contributed by atoms with van der Waals surface area (Å²) in [7, 11) is 0. The molecule has 0 spiro atoms. The highest BCUT2D eigenvalue weighted by molar-refractivity contribution is 9.28. The Morgan fingerprint density at radius 1 is 0.773 bits per heavy atom. The highest BCUT2D eigenvalue weighted by atomic mass is 79.9. The van der Waals surface area contributed by atoms with Crippen molar-refractivity contribution in [3.05, 3.63) is 86.8 Å². The van der Waals surface area contributed by atoms with Gasteiger partial charge in [0.1, 0.15) is 0 Å². The maximum absolute atomic E-state index is 3.46. The molecule has 0 heterocycles. The third kappa shape index (κ3) is 3.50. The first kappa shape index (κ1) is 15.1. The van der Waals surface area contributed by atoms with Crippen LogP contribution >= 0.6 is 31.9 Å². The monoisotopic (exact) mass is 410 g/mol. The molecule has 3 rings (SSSR count). The van der Waals surface area contributed by atoms with Crippen molar-refractivity contribution in [2.75, 3.05) is 0 Å². The Bertz CT molecular complexity index is 893. The molecule has 3 aromatic carbocycles. The SMILES string of the molecule is BrC(Br)=Cc1c(C#Cc2ccccc2)ccc2ccccc12. The molecular formula is C20H12Br2. The Hall–Kier alpha value is -1.82. The summed E-state index contributed by atoms with van der Waals surface area (Å²) in [6.45, 7) is 0. The minimum Gasteiger partial charge on any atom is -0.0622 e. The van der Waals surface area contributed by atoms with Crippen molar-refractivity contribution in [3.8, 4) is 11.8 Å². The first-order valence-electron chi connectivity index (χ1n) is 6.85. The van der Waals surface area contributed by atoms with Gasteiger partial charge in [0, 0.05) is 11.1 Å². The van der Waals surface area contributed by atoms with Crippen LogP contribution < -0.4 is 0 Å². The molecule has 22 heavy (non-hydrogen) atoms. The maximum atomic E-state index is 3.46. The molecule has 0 aliphatic carbocycles. The van der Waals surface area contributed by atoms with Gasteiger partial charge in [0.05, 0.1) is 3.39 Å². The second-order valence-electron chi connectivity index (χ2n) is 4.80. The van der Waals surface area contributed by atoms with Gasteiger partial charge in [-0.15, -0.1) is 0 Å². The van der Waals surface area contributed by atoms with E-state index in [-0.39, 0.29) is 0 Å². The van der Waals surface area contributed by atoms with Gasteiger partial charge in [0.2, 0.25) is 0 Å². The summed E-state index contributed by atoms with van der Waals surface area (Å²) >= 11 is 6.91. The van der Waals surface area contributed by atoms with Crippen molar-refractivity contribution in [2.45, 2.75) is 0 Å². The van der Waals surface area contributed by atoms with Crippen LogP contribution in [0.2, 0.25) is 0 Å². The lowest BCUT2D eigenvalue weighted by Crippen LogP contribution is -1.86. The molecular weight excluding hydrogens is 400 g/mol. The quantitative estimate of drug-likeness (QED) is 0.410. The molecule has 0 fully saturated rings. The van der Waals surface area contributed by atoms with Crippen LogP contribution in [0.25, 0.3) is 16.8 Å². The molecule has 0 radical (unpaired) electrons. The zero-order valence-electron chi connectivity index (χ0n) is 11.7. The van der Waals surface area contributed by atoms with Gasteiger partial charge in [0.15, 0.2) is 0 Å². The minimum absolute atomic E-state index is 0.902.